The zero-order valence-electron chi connectivity index (χ0n) is 10.6. The van der Waals surface area contributed by atoms with Crippen LogP contribution in [0.4, 0.5) is 4.39 Å². The molecule has 0 heterocycles. The molecule has 2 aromatic rings. The van der Waals surface area contributed by atoms with E-state index in [4.69, 9.17) is 10.5 Å². The van der Waals surface area contributed by atoms with Gasteiger partial charge in [0.2, 0.25) is 0 Å². The number of halogens is 2. The molecule has 2 aromatic carbocycles. The van der Waals surface area contributed by atoms with Crippen LogP contribution in [-0.4, -0.2) is 0 Å². The fraction of sp³-hybridized carbons (Fsp3) is 0.200. The third kappa shape index (κ3) is 3.33. The van der Waals surface area contributed by atoms with Gasteiger partial charge in [-0.25, -0.2) is 4.39 Å². The van der Waals surface area contributed by atoms with E-state index in [9.17, 15) is 4.39 Å². The van der Waals surface area contributed by atoms with E-state index in [1.807, 2.05) is 31.2 Å². The Kier molecular flexibility index (Phi) is 4.56. The molecule has 0 aliphatic carbocycles. The van der Waals surface area contributed by atoms with Crippen LogP contribution >= 0.6 is 15.9 Å². The van der Waals surface area contributed by atoms with E-state index in [1.54, 1.807) is 12.1 Å². The second-order valence-electron chi connectivity index (χ2n) is 4.23. The van der Waals surface area contributed by atoms with Gasteiger partial charge in [-0.1, -0.05) is 25.1 Å². The molecule has 0 bridgehead atoms. The first-order valence-corrected chi connectivity index (χ1v) is 6.88. The van der Waals surface area contributed by atoms with E-state index in [1.165, 1.54) is 6.07 Å². The van der Waals surface area contributed by atoms with Crippen molar-refractivity contribution < 1.29 is 9.13 Å². The molecule has 0 aliphatic rings. The van der Waals surface area contributed by atoms with Gasteiger partial charge in [0.25, 0.3) is 0 Å². The van der Waals surface area contributed by atoms with Gasteiger partial charge in [0.1, 0.15) is 17.3 Å². The summed E-state index contributed by atoms with van der Waals surface area (Å²) in [5, 5.41) is 0. The van der Waals surface area contributed by atoms with Gasteiger partial charge in [-0.3, -0.25) is 0 Å². The maximum Gasteiger partial charge on any atom is 0.141 e. The Balaban J connectivity index is 2.30. The SMILES string of the molecule is CCC(N)c1ccccc1Oc1ccc(Br)c(F)c1. The van der Waals surface area contributed by atoms with E-state index in [0.29, 0.717) is 16.0 Å². The van der Waals surface area contributed by atoms with Crippen molar-refractivity contribution in [2.45, 2.75) is 19.4 Å². The van der Waals surface area contributed by atoms with E-state index < -0.39 is 0 Å². The summed E-state index contributed by atoms with van der Waals surface area (Å²) in [7, 11) is 0. The zero-order chi connectivity index (χ0) is 13.8. The van der Waals surface area contributed by atoms with Crippen molar-refractivity contribution in [1.82, 2.24) is 0 Å². The van der Waals surface area contributed by atoms with E-state index in [-0.39, 0.29) is 11.9 Å². The molecule has 2 nitrogen and oxygen atoms in total. The molecular weight excluding hydrogens is 309 g/mol. The second-order valence-corrected chi connectivity index (χ2v) is 5.08. The van der Waals surface area contributed by atoms with Crippen LogP contribution in [0.3, 0.4) is 0 Å². The monoisotopic (exact) mass is 323 g/mol. The number of nitrogens with two attached hydrogens (primary N) is 1. The van der Waals surface area contributed by atoms with Crippen molar-refractivity contribution >= 4 is 15.9 Å². The average Bonchev–Trinajstić information content (AvgIpc) is 2.43. The predicted octanol–water partition coefficient (Wildman–Crippen LogP) is 4.79. The molecule has 4 heteroatoms. The number of benzene rings is 2. The molecule has 0 radical (unpaired) electrons. The summed E-state index contributed by atoms with van der Waals surface area (Å²) in [4.78, 5) is 0. The second kappa shape index (κ2) is 6.17. The van der Waals surface area contributed by atoms with Crippen LogP contribution in [0.15, 0.2) is 46.9 Å². The lowest BCUT2D eigenvalue weighted by molar-refractivity contribution is 0.463. The number of para-hydroxylation sites is 1. The summed E-state index contributed by atoms with van der Waals surface area (Å²) in [5.74, 6) is 0.768. The van der Waals surface area contributed by atoms with Crippen LogP contribution in [0.25, 0.3) is 0 Å². The third-order valence-electron chi connectivity index (χ3n) is 2.88. The van der Waals surface area contributed by atoms with Crippen LogP contribution < -0.4 is 10.5 Å². The van der Waals surface area contributed by atoms with Gasteiger partial charge in [0.05, 0.1) is 4.47 Å². The molecule has 2 rings (SSSR count). The highest BCUT2D eigenvalue weighted by molar-refractivity contribution is 9.10. The highest BCUT2D eigenvalue weighted by atomic mass is 79.9. The summed E-state index contributed by atoms with van der Waals surface area (Å²) in [6, 6.07) is 12.1. The molecule has 0 amide bonds. The van der Waals surface area contributed by atoms with Crippen LogP contribution in [0.5, 0.6) is 11.5 Å². The molecule has 100 valence electrons. The Morgan fingerprint density at radius 3 is 2.68 bits per heavy atom. The Hall–Kier alpha value is -1.39. The van der Waals surface area contributed by atoms with Gasteiger partial charge >= 0.3 is 0 Å². The summed E-state index contributed by atoms with van der Waals surface area (Å²) in [5.41, 5.74) is 6.97. The predicted molar refractivity (Wildman–Crippen MR) is 77.8 cm³/mol. The molecular formula is C15H15BrFNO. The molecule has 0 saturated carbocycles. The standard InChI is InChI=1S/C15H15BrFNO/c1-2-14(18)11-5-3-4-6-15(11)19-10-7-8-12(16)13(17)9-10/h3-9,14H,2,18H2,1H3. The van der Waals surface area contributed by atoms with E-state index >= 15 is 0 Å². The summed E-state index contributed by atoms with van der Waals surface area (Å²) >= 11 is 3.11. The number of hydrogen-bond acceptors (Lipinski definition) is 2. The van der Waals surface area contributed by atoms with Crippen molar-refractivity contribution in [2.75, 3.05) is 0 Å². The number of ether oxygens (including phenoxy) is 1. The van der Waals surface area contributed by atoms with Gasteiger partial charge in [0.15, 0.2) is 0 Å². The molecule has 1 atom stereocenters. The zero-order valence-corrected chi connectivity index (χ0v) is 12.2. The normalized spacial score (nSPS) is 12.2. The molecule has 0 aromatic heterocycles. The smallest absolute Gasteiger partial charge is 0.141 e. The Morgan fingerprint density at radius 1 is 1.26 bits per heavy atom. The quantitative estimate of drug-likeness (QED) is 0.877. The first-order chi connectivity index (χ1) is 9.11. The molecule has 0 saturated heterocycles. The Bertz CT molecular complexity index is 574. The summed E-state index contributed by atoms with van der Waals surface area (Å²) in [6.45, 7) is 2.01. The van der Waals surface area contributed by atoms with Crippen LogP contribution in [-0.2, 0) is 0 Å². The number of hydrogen-bond donors (Lipinski definition) is 1. The lowest BCUT2D eigenvalue weighted by Gasteiger charge is -2.15. The molecule has 2 N–H and O–H groups in total. The third-order valence-corrected chi connectivity index (χ3v) is 3.52. The Morgan fingerprint density at radius 2 is 2.00 bits per heavy atom. The van der Waals surface area contributed by atoms with Crippen LogP contribution in [0.1, 0.15) is 24.9 Å². The Labute approximate surface area is 120 Å². The van der Waals surface area contributed by atoms with Crippen molar-refractivity contribution in [3.63, 3.8) is 0 Å². The maximum absolute atomic E-state index is 13.5. The minimum absolute atomic E-state index is 0.0866. The summed E-state index contributed by atoms with van der Waals surface area (Å²) in [6.07, 6.45) is 0.815. The van der Waals surface area contributed by atoms with Crippen molar-refractivity contribution in [3.8, 4) is 11.5 Å². The lowest BCUT2D eigenvalue weighted by atomic mass is 10.0. The van der Waals surface area contributed by atoms with Gasteiger partial charge in [-0.15, -0.1) is 0 Å². The molecule has 0 aliphatic heterocycles. The molecule has 0 fully saturated rings. The van der Waals surface area contributed by atoms with Gasteiger partial charge < -0.3 is 10.5 Å². The molecule has 19 heavy (non-hydrogen) atoms. The maximum atomic E-state index is 13.5. The first kappa shape index (κ1) is 14.0. The fourth-order valence-corrected chi connectivity index (χ4v) is 2.01. The van der Waals surface area contributed by atoms with Gasteiger partial charge in [-0.05, 0) is 40.5 Å². The highest BCUT2D eigenvalue weighted by Gasteiger charge is 2.11. The van der Waals surface area contributed by atoms with Crippen molar-refractivity contribution in [1.29, 1.82) is 0 Å². The molecule has 0 spiro atoms. The lowest BCUT2D eigenvalue weighted by Crippen LogP contribution is -2.09. The van der Waals surface area contributed by atoms with Gasteiger partial charge in [0, 0.05) is 17.7 Å². The van der Waals surface area contributed by atoms with Crippen molar-refractivity contribution in [2.24, 2.45) is 5.73 Å². The summed E-state index contributed by atoms with van der Waals surface area (Å²) < 4.78 is 19.6. The fourth-order valence-electron chi connectivity index (χ4n) is 1.77. The van der Waals surface area contributed by atoms with E-state index in [0.717, 1.165) is 12.0 Å². The van der Waals surface area contributed by atoms with Crippen LogP contribution in [0.2, 0.25) is 0 Å². The van der Waals surface area contributed by atoms with Crippen LogP contribution in [0, 0.1) is 5.82 Å². The highest BCUT2D eigenvalue weighted by Crippen LogP contribution is 2.31. The largest absolute Gasteiger partial charge is 0.457 e. The minimum atomic E-state index is -0.352. The number of rotatable bonds is 4. The first-order valence-electron chi connectivity index (χ1n) is 6.09. The minimum Gasteiger partial charge on any atom is -0.457 e. The topological polar surface area (TPSA) is 35.2 Å². The van der Waals surface area contributed by atoms with Crippen molar-refractivity contribution in [3.05, 3.63) is 58.3 Å². The molecule has 1 unspecified atom stereocenters. The average molecular weight is 324 g/mol. The van der Waals surface area contributed by atoms with Gasteiger partial charge in [-0.2, -0.15) is 0 Å². The van der Waals surface area contributed by atoms with E-state index in [2.05, 4.69) is 15.9 Å².